The molecule has 0 aromatic rings. The molecule has 11 heavy (non-hydrogen) atoms. The first kappa shape index (κ1) is 11.4. The highest BCUT2D eigenvalue weighted by molar-refractivity contribution is 9.10. The maximum atomic E-state index is 5.99. The minimum Gasteiger partial charge on any atom is -0.289 e. The van der Waals surface area contributed by atoms with Crippen molar-refractivity contribution in [1.82, 2.24) is 0 Å². The van der Waals surface area contributed by atoms with Crippen molar-refractivity contribution in [2.75, 3.05) is 0 Å². The van der Waals surface area contributed by atoms with Gasteiger partial charge in [0.05, 0.1) is 5.54 Å². The van der Waals surface area contributed by atoms with Gasteiger partial charge in [-0.05, 0) is 27.2 Å². The lowest BCUT2D eigenvalue weighted by Crippen LogP contribution is -2.17. The van der Waals surface area contributed by atoms with Crippen LogP contribution in [0.1, 0.15) is 34.1 Å². The number of halogens is 2. The van der Waals surface area contributed by atoms with Crippen LogP contribution in [-0.4, -0.2) is 15.5 Å². The van der Waals surface area contributed by atoms with Gasteiger partial charge in [-0.25, -0.2) is 0 Å². The number of hydrogen-bond acceptors (Lipinski definition) is 1. The number of nitrogens with zero attached hydrogens (tertiary/aromatic N) is 1. The zero-order chi connectivity index (χ0) is 9.12. The summed E-state index contributed by atoms with van der Waals surface area (Å²) in [7, 11) is 0. The van der Waals surface area contributed by atoms with Gasteiger partial charge >= 0.3 is 0 Å². The first-order valence-corrected chi connectivity index (χ1v) is 4.88. The zero-order valence-corrected chi connectivity index (χ0v) is 9.83. The molecule has 1 atom stereocenters. The largest absolute Gasteiger partial charge is 0.289 e. The third-order valence-electron chi connectivity index (χ3n) is 1.11. The van der Waals surface area contributed by atoms with Crippen LogP contribution in [0.5, 0.6) is 0 Å². The van der Waals surface area contributed by atoms with Crippen molar-refractivity contribution in [2.24, 2.45) is 4.99 Å². The summed E-state index contributed by atoms with van der Waals surface area (Å²) in [5, 5.41) is 0. The van der Waals surface area contributed by atoms with E-state index >= 15 is 0 Å². The van der Waals surface area contributed by atoms with Crippen molar-refractivity contribution in [3.8, 4) is 0 Å². The van der Waals surface area contributed by atoms with E-state index in [9.17, 15) is 0 Å². The summed E-state index contributed by atoms with van der Waals surface area (Å²) < 4.78 is -0.458. The standard InChI is InChI=1S/C8H15BrClN/c1-5-8(9,10)6-11-7(2,3)4/h6H,5H2,1-4H3. The molecule has 0 aliphatic rings. The Morgan fingerprint density at radius 3 is 2.18 bits per heavy atom. The smallest absolute Gasteiger partial charge is 0.133 e. The molecule has 0 spiro atoms. The maximum Gasteiger partial charge on any atom is 0.133 e. The van der Waals surface area contributed by atoms with Gasteiger partial charge < -0.3 is 0 Å². The van der Waals surface area contributed by atoms with Crippen LogP contribution in [0.15, 0.2) is 4.99 Å². The minimum atomic E-state index is -0.458. The van der Waals surface area contributed by atoms with Crippen LogP contribution in [0, 0.1) is 0 Å². The van der Waals surface area contributed by atoms with E-state index in [2.05, 4.69) is 20.9 Å². The van der Waals surface area contributed by atoms with E-state index in [0.29, 0.717) is 0 Å². The lowest BCUT2D eigenvalue weighted by molar-refractivity contribution is 0.584. The Kier molecular flexibility index (Phi) is 4.06. The fourth-order valence-corrected chi connectivity index (χ4v) is 0.531. The molecule has 0 aliphatic heterocycles. The predicted molar refractivity (Wildman–Crippen MR) is 56.0 cm³/mol. The molecule has 0 aliphatic carbocycles. The van der Waals surface area contributed by atoms with E-state index in [-0.39, 0.29) is 5.54 Å². The van der Waals surface area contributed by atoms with Gasteiger partial charge in [0.25, 0.3) is 0 Å². The molecule has 0 bridgehead atoms. The molecular weight excluding hydrogens is 225 g/mol. The molecule has 0 heterocycles. The van der Waals surface area contributed by atoms with Crippen molar-refractivity contribution < 1.29 is 0 Å². The average molecular weight is 241 g/mol. The summed E-state index contributed by atoms with van der Waals surface area (Å²) in [6.45, 7) is 8.13. The molecule has 0 rings (SSSR count). The molecule has 0 aromatic heterocycles. The second kappa shape index (κ2) is 3.90. The third kappa shape index (κ3) is 6.82. The quantitative estimate of drug-likeness (QED) is 0.517. The van der Waals surface area contributed by atoms with Crippen LogP contribution >= 0.6 is 27.5 Å². The molecule has 0 fully saturated rings. The topological polar surface area (TPSA) is 12.4 Å². The van der Waals surface area contributed by atoms with E-state index in [1.807, 2.05) is 27.7 Å². The van der Waals surface area contributed by atoms with Gasteiger partial charge in [-0.2, -0.15) is 0 Å². The van der Waals surface area contributed by atoms with E-state index in [0.717, 1.165) is 6.42 Å². The SMILES string of the molecule is CCC(Cl)(Br)C=NC(C)(C)C. The van der Waals surface area contributed by atoms with Crippen LogP contribution in [0.4, 0.5) is 0 Å². The van der Waals surface area contributed by atoms with Gasteiger partial charge in [0.1, 0.15) is 3.78 Å². The first-order valence-electron chi connectivity index (χ1n) is 3.71. The number of hydrogen-bond donors (Lipinski definition) is 0. The zero-order valence-electron chi connectivity index (χ0n) is 7.49. The number of rotatable bonds is 2. The fraction of sp³-hybridized carbons (Fsp3) is 0.875. The number of aliphatic imine (C=N–C) groups is 1. The molecule has 0 saturated carbocycles. The van der Waals surface area contributed by atoms with Gasteiger partial charge in [-0.15, -0.1) is 11.6 Å². The average Bonchev–Trinajstić information content (AvgIpc) is 1.83. The maximum absolute atomic E-state index is 5.99. The monoisotopic (exact) mass is 239 g/mol. The molecule has 66 valence electrons. The van der Waals surface area contributed by atoms with Crippen molar-refractivity contribution in [3.05, 3.63) is 0 Å². The summed E-state index contributed by atoms with van der Waals surface area (Å²) in [6.07, 6.45) is 2.59. The normalized spacial score (nSPS) is 18.7. The van der Waals surface area contributed by atoms with E-state index < -0.39 is 3.78 Å². The van der Waals surface area contributed by atoms with Gasteiger partial charge in [-0.1, -0.05) is 22.9 Å². The lowest BCUT2D eigenvalue weighted by atomic mass is 10.1. The van der Waals surface area contributed by atoms with Gasteiger partial charge in [-0.3, -0.25) is 4.99 Å². The first-order chi connectivity index (χ1) is 4.77. The molecule has 0 N–H and O–H groups in total. The van der Waals surface area contributed by atoms with Crippen molar-refractivity contribution >= 4 is 33.7 Å². The van der Waals surface area contributed by atoms with Crippen molar-refractivity contribution in [1.29, 1.82) is 0 Å². The molecule has 0 amide bonds. The Hall–Kier alpha value is 0.440. The molecule has 0 radical (unpaired) electrons. The van der Waals surface area contributed by atoms with E-state index in [4.69, 9.17) is 11.6 Å². The van der Waals surface area contributed by atoms with E-state index in [1.165, 1.54) is 0 Å². The summed E-state index contributed by atoms with van der Waals surface area (Å²) in [4.78, 5) is 4.30. The minimum absolute atomic E-state index is 0.0386. The van der Waals surface area contributed by atoms with Crippen LogP contribution in [0.2, 0.25) is 0 Å². The van der Waals surface area contributed by atoms with Crippen LogP contribution in [0.25, 0.3) is 0 Å². The van der Waals surface area contributed by atoms with Gasteiger partial charge in [0, 0.05) is 6.21 Å². The third-order valence-corrected chi connectivity index (χ3v) is 2.24. The fourth-order valence-electron chi connectivity index (χ4n) is 0.379. The highest BCUT2D eigenvalue weighted by atomic mass is 79.9. The Morgan fingerprint density at radius 1 is 1.45 bits per heavy atom. The highest BCUT2D eigenvalue weighted by Gasteiger charge is 2.18. The molecule has 1 unspecified atom stereocenters. The molecule has 1 nitrogen and oxygen atoms in total. The van der Waals surface area contributed by atoms with Crippen molar-refractivity contribution in [3.63, 3.8) is 0 Å². The second-order valence-electron chi connectivity index (χ2n) is 3.54. The van der Waals surface area contributed by atoms with Crippen LogP contribution in [0.3, 0.4) is 0 Å². The number of alkyl halides is 2. The van der Waals surface area contributed by atoms with Crippen LogP contribution in [-0.2, 0) is 0 Å². The Bertz CT molecular complexity index is 147. The van der Waals surface area contributed by atoms with Crippen LogP contribution < -0.4 is 0 Å². The Balaban J connectivity index is 4.13. The molecular formula is C8H15BrClN. The highest BCUT2D eigenvalue weighted by Crippen LogP contribution is 2.25. The predicted octanol–water partition coefficient (Wildman–Crippen LogP) is 3.60. The summed E-state index contributed by atoms with van der Waals surface area (Å²) in [5.41, 5.74) is -0.0386. The van der Waals surface area contributed by atoms with E-state index in [1.54, 1.807) is 6.21 Å². The Morgan fingerprint density at radius 2 is 1.91 bits per heavy atom. The Labute approximate surface area is 82.4 Å². The summed E-state index contributed by atoms with van der Waals surface area (Å²) in [6, 6.07) is 0. The summed E-state index contributed by atoms with van der Waals surface area (Å²) >= 11 is 9.34. The van der Waals surface area contributed by atoms with Gasteiger partial charge in [0.2, 0.25) is 0 Å². The molecule has 3 heteroatoms. The second-order valence-corrected chi connectivity index (χ2v) is 6.09. The summed E-state index contributed by atoms with van der Waals surface area (Å²) in [5.74, 6) is 0. The molecule has 0 saturated heterocycles. The van der Waals surface area contributed by atoms with Gasteiger partial charge in [0.15, 0.2) is 0 Å². The molecule has 0 aromatic carbocycles. The van der Waals surface area contributed by atoms with Crippen molar-refractivity contribution in [2.45, 2.75) is 43.4 Å². The lowest BCUT2D eigenvalue weighted by Gasteiger charge is -2.16.